The van der Waals surface area contributed by atoms with Crippen molar-refractivity contribution in [3.8, 4) is 11.4 Å². The van der Waals surface area contributed by atoms with E-state index in [2.05, 4.69) is 20.4 Å². The minimum absolute atomic E-state index is 0.0338. The normalized spacial score (nSPS) is 11.6. The maximum Gasteiger partial charge on any atom is 0.262 e. The summed E-state index contributed by atoms with van der Waals surface area (Å²) in [6, 6.07) is 20.7. The van der Waals surface area contributed by atoms with Gasteiger partial charge in [0.25, 0.3) is 5.56 Å². The van der Waals surface area contributed by atoms with E-state index < -0.39 is 0 Å². The third-order valence-corrected chi connectivity index (χ3v) is 6.17. The lowest BCUT2D eigenvalue weighted by molar-refractivity contribution is 0.291. The Balaban J connectivity index is 1.43. The van der Waals surface area contributed by atoms with E-state index in [1.165, 1.54) is 0 Å². The Hall–Kier alpha value is -4.57. The van der Waals surface area contributed by atoms with Gasteiger partial charge in [-0.1, -0.05) is 30.3 Å². The van der Waals surface area contributed by atoms with Crippen LogP contribution in [-0.2, 0) is 19.6 Å². The Morgan fingerprint density at radius 1 is 0.944 bits per heavy atom. The van der Waals surface area contributed by atoms with E-state index in [0.717, 1.165) is 22.1 Å². The average molecular weight is 482 g/mol. The second-order valence-corrected chi connectivity index (χ2v) is 8.36. The Bertz CT molecular complexity index is 1750. The van der Waals surface area contributed by atoms with Gasteiger partial charge < -0.3 is 9.84 Å². The number of hydrogen-bond donors (Lipinski definition) is 1. The number of aryl methyl sites for hydroxylation is 1. The standard InChI is InChI=1S/C26H23N7O3/c1-2-31-25(35)18-7-3-6-10-21(18)32-24(27-28-26(31)32)16-36-23-12-11-17(13-14-34)15-22(23)33-29-19-8-4-5-9-20(19)30-33/h3-12,15,34H,2,13-14,16H2,1H3. The number of rotatable bonds is 7. The molecule has 0 fully saturated rings. The molecule has 0 aliphatic heterocycles. The Morgan fingerprint density at radius 3 is 2.44 bits per heavy atom. The molecule has 180 valence electrons. The van der Waals surface area contributed by atoms with Gasteiger partial charge in [0.05, 0.1) is 10.9 Å². The maximum absolute atomic E-state index is 12.9. The summed E-state index contributed by atoms with van der Waals surface area (Å²) >= 11 is 0. The molecule has 0 atom stereocenters. The van der Waals surface area contributed by atoms with Gasteiger partial charge in [-0.2, -0.15) is 0 Å². The molecule has 10 heteroatoms. The zero-order valence-electron chi connectivity index (χ0n) is 19.6. The highest BCUT2D eigenvalue weighted by Gasteiger charge is 2.17. The van der Waals surface area contributed by atoms with Gasteiger partial charge in [-0.15, -0.1) is 25.2 Å². The van der Waals surface area contributed by atoms with Gasteiger partial charge in [0.1, 0.15) is 29.1 Å². The predicted molar refractivity (Wildman–Crippen MR) is 134 cm³/mol. The van der Waals surface area contributed by atoms with Crippen LogP contribution < -0.4 is 10.3 Å². The number of benzene rings is 3. The van der Waals surface area contributed by atoms with Crippen molar-refractivity contribution in [2.75, 3.05) is 6.61 Å². The van der Waals surface area contributed by atoms with E-state index in [9.17, 15) is 9.90 Å². The van der Waals surface area contributed by atoms with Crippen molar-refractivity contribution in [2.24, 2.45) is 0 Å². The van der Waals surface area contributed by atoms with Gasteiger partial charge in [-0.05, 0) is 55.3 Å². The lowest BCUT2D eigenvalue weighted by Gasteiger charge is -2.13. The number of aliphatic hydroxyl groups is 1. The number of fused-ring (bicyclic) bond motifs is 4. The molecule has 0 amide bonds. The smallest absolute Gasteiger partial charge is 0.262 e. The summed E-state index contributed by atoms with van der Waals surface area (Å²) in [6.07, 6.45) is 0.503. The second-order valence-electron chi connectivity index (χ2n) is 8.36. The molecule has 0 spiro atoms. The minimum atomic E-state index is -0.0981. The van der Waals surface area contributed by atoms with Crippen molar-refractivity contribution in [3.05, 3.63) is 88.5 Å². The molecule has 0 radical (unpaired) electrons. The van der Waals surface area contributed by atoms with Crippen molar-refractivity contribution in [1.82, 2.24) is 34.2 Å². The number of aromatic nitrogens is 7. The molecule has 0 saturated heterocycles. The van der Waals surface area contributed by atoms with Gasteiger partial charge in [0.15, 0.2) is 5.82 Å². The van der Waals surface area contributed by atoms with Crippen molar-refractivity contribution in [3.63, 3.8) is 0 Å². The molecule has 1 N–H and O–H groups in total. The van der Waals surface area contributed by atoms with E-state index in [1.807, 2.05) is 72.0 Å². The van der Waals surface area contributed by atoms with Crippen molar-refractivity contribution in [2.45, 2.75) is 26.5 Å². The summed E-state index contributed by atoms with van der Waals surface area (Å²) in [5.41, 5.74) is 3.75. The number of nitrogens with zero attached hydrogens (tertiary/aromatic N) is 7. The highest BCUT2D eigenvalue weighted by atomic mass is 16.5. The number of para-hydroxylation sites is 1. The van der Waals surface area contributed by atoms with Gasteiger partial charge in [0.2, 0.25) is 5.78 Å². The van der Waals surface area contributed by atoms with Crippen molar-refractivity contribution >= 4 is 27.7 Å². The average Bonchev–Trinajstić information content (AvgIpc) is 3.53. The first-order valence-corrected chi connectivity index (χ1v) is 11.7. The first kappa shape index (κ1) is 21.9. The maximum atomic E-state index is 12.9. The lowest BCUT2D eigenvalue weighted by Crippen LogP contribution is -2.22. The van der Waals surface area contributed by atoms with E-state index in [-0.39, 0.29) is 18.8 Å². The minimum Gasteiger partial charge on any atom is -0.483 e. The second kappa shape index (κ2) is 8.90. The molecular weight excluding hydrogens is 458 g/mol. The van der Waals surface area contributed by atoms with Crippen LogP contribution in [0.25, 0.3) is 33.4 Å². The molecule has 3 heterocycles. The van der Waals surface area contributed by atoms with Crippen LogP contribution in [0.15, 0.2) is 71.5 Å². The monoisotopic (exact) mass is 481 g/mol. The summed E-state index contributed by atoms with van der Waals surface area (Å²) in [5.74, 6) is 1.59. The van der Waals surface area contributed by atoms with Crippen LogP contribution in [-0.4, -0.2) is 45.9 Å². The third kappa shape index (κ3) is 3.59. The van der Waals surface area contributed by atoms with Crippen LogP contribution in [0.2, 0.25) is 0 Å². The van der Waals surface area contributed by atoms with Crippen LogP contribution in [0.3, 0.4) is 0 Å². The van der Waals surface area contributed by atoms with Crippen LogP contribution in [0.1, 0.15) is 18.3 Å². The van der Waals surface area contributed by atoms with E-state index in [4.69, 9.17) is 4.74 Å². The Labute approximate surface area is 205 Å². The SMILES string of the molecule is CCn1c(=O)c2ccccc2n2c(COc3ccc(CCO)cc3-n3nc4ccccc4n3)nnc12. The van der Waals surface area contributed by atoms with Crippen LogP contribution in [0.5, 0.6) is 5.75 Å². The summed E-state index contributed by atoms with van der Waals surface area (Å²) in [4.78, 5) is 14.5. The zero-order valence-corrected chi connectivity index (χ0v) is 19.6. The van der Waals surface area contributed by atoms with E-state index in [1.54, 1.807) is 15.4 Å². The van der Waals surface area contributed by atoms with Gasteiger partial charge in [-0.25, -0.2) is 0 Å². The fraction of sp³-hybridized carbons (Fsp3) is 0.192. The summed E-state index contributed by atoms with van der Waals surface area (Å²) in [6.45, 7) is 2.52. The molecule has 3 aromatic carbocycles. The molecule has 3 aromatic heterocycles. The highest BCUT2D eigenvalue weighted by molar-refractivity contribution is 5.80. The van der Waals surface area contributed by atoms with Gasteiger partial charge in [-0.3, -0.25) is 13.8 Å². The summed E-state index contributed by atoms with van der Waals surface area (Å²) in [5, 5.41) is 27.9. The van der Waals surface area contributed by atoms with Gasteiger partial charge in [0, 0.05) is 13.2 Å². The fourth-order valence-electron chi connectivity index (χ4n) is 4.43. The molecule has 10 nitrogen and oxygen atoms in total. The first-order valence-electron chi connectivity index (χ1n) is 11.7. The topological polar surface area (TPSA) is 112 Å². The molecule has 0 unspecified atom stereocenters. The van der Waals surface area contributed by atoms with E-state index >= 15 is 0 Å². The summed E-state index contributed by atoms with van der Waals surface area (Å²) in [7, 11) is 0. The highest BCUT2D eigenvalue weighted by Crippen LogP contribution is 2.26. The zero-order chi connectivity index (χ0) is 24.6. The number of ether oxygens (including phenoxy) is 1. The largest absolute Gasteiger partial charge is 0.483 e. The first-order chi connectivity index (χ1) is 17.7. The molecule has 0 saturated carbocycles. The van der Waals surface area contributed by atoms with E-state index in [0.29, 0.717) is 41.4 Å². The van der Waals surface area contributed by atoms with Crippen molar-refractivity contribution < 1.29 is 9.84 Å². The van der Waals surface area contributed by atoms with Gasteiger partial charge >= 0.3 is 0 Å². The quantitative estimate of drug-likeness (QED) is 0.373. The molecule has 6 rings (SSSR count). The molecule has 0 aliphatic carbocycles. The van der Waals surface area contributed by atoms with Crippen LogP contribution in [0, 0.1) is 0 Å². The Morgan fingerprint density at radius 2 is 1.69 bits per heavy atom. The molecule has 0 bridgehead atoms. The predicted octanol–water partition coefficient (Wildman–Crippen LogP) is 2.91. The Kier molecular flexibility index (Phi) is 5.42. The molecule has 6 aromatic rings. The molecular formula is C26H23N7O3. The van der Waals surface area contributed by atoms with Crippen LogP contribution in [0.4, 0.5) is 0 Å². The molecule has 36 heavy (non-hydrogen) atoms. The van der Waals surface area contributed by atoms with Crippen molar-refractivity contribution in [1.29, 1.82) is 0 Å². The lowest BCUT2D eigenvalue weighted by atomic mass is 10.1. The summed E-state index contributed by atoms with van der Waals surface area (Å²) < 4.78 is 9.72. The number of hydrogen-bond acceptors (Lipinski definition) is 7. The van der Waals surface area contributed by atoms with Crippen LogP contribution >= 0.6 is 0 Å². The number of aliphatic hydroxyl groups excluding tert-OH is 1. The molecule has 0 aliphatic rings. The third-order valence-electron chi connectivity index (χ3n) is 6.17. The fourth-order valence-corrected chi connectivity index (χ4v) is 4.43.